The smallest absolute Gasteiger partial charge is 0.267 e. The molecule has 0 fully saturated rings. The van der Waals surface area contributed by atoms with Crippen molar-refractivity contribution in [1.29, 1.82) is 0 Å². The lowest BCUT2D eigenvalue weighted by Gasteiger charge is -2.16. The number of hydrogen-bond acceptors (Lipinski definition) is 5. The van der Waals surface area contributed by atoms with Gasteiger partial charge in [0.15, 0.2) is 17.7 Å². The Morgan fingerprint density at radius 3 is 2.62 bits per heavy atom. The first kappa shape index (κ1) is 18.0. The van der Waals surface area contributed by atoms with Gasteiger partial charge in [-0.05, 0) is 25.5 Å². The summed E-state index contributed by atoms with van der Waals surface area (Å²) in [7, 11) is 0. The van der Waals surface area contributed by atoms with E-state index in [1.807, 2.05) is 31.2 Å². The number of ether oxygens (including phenoxy) is 1. The molecule has 3 rings (SSSR count). The highest BCUT2D eigenvalue weighted by Crippen LogP contribution is 2.27. The molecule has 0 radical (unpaired) electrons. The van der Waals surface area contributed by atoms with Gasteiger partial charge in [-0.1, -0.05) is 60.2 Å². The quantitative estimate of drug-likeness (QED) is 0.695. The van der Waals surface area contributed by atoms with E-state index in [0.29, 0.717) is 16.6 Å². The molecule has 1 aromatic heterocycles. The maximum absolute atomic E-state index is 13.7. The molecule has 0 saturated heterocycles. The molecule has 1 atom stereocenters. The van der Waals surface area contributed by atoms with Gasteiger partial charge >= 0.3 is 0 Å². The van der Waals surface area contributed by atoms with E-state index < -0.39 is 11.9 Å². The van der Waals surface area contributed by atoms with Crippen molar-refractivity contribution < 1.29 is 13.9 Å². The molecular formula is C19H18FN3O2S. The van der Waals surface area contributed by atoms with Gasteiger partial charge in [-0.25, -0.2) is 4.39 Å². The molecule has 0 bridgehead atoms. The van der Waals surface area contributed by atoms with E-state index in [2.05, 4.69) is 15.5 Å². The monoisotopic (exact) mass is 371 g/mol. The van der Waals surface area contributed by atoms with Crippen molar-refractivity contribution >= 4 is 22.4 Å². The lowest BCUT2D eigenvalue weighted by atomic mass is 10.2. The summed E-state index contributed by atoms with van der Waals surface area (Å²) in [6, 6.07) is 13.9. The van der Waals surface area contributed by atoms with Crippen LogP contribution in [0.1, 0.15) is 18.9 Å². The number of halogens is 1. The van der Waals surface area contributed by atoms with E-state index in [1.54, 1.807) is 19.1 Å². The number of anilines is 1. The summed E-state index contributed by atoms with van der Waals surface area (Å²) < 4.78 is 19.2. The van der Waals surface area contributed by atoms with E-state index >= 15 is 0 Å². The van der Waals surface area contributed by atoms with E-state index in [0.717, 1.165) is 11.1 Å². The van der Waals surface area contributed by atoms with Crippen molar-refractivity contribution in [2.75, 3.05) is 5.32 Å². The lowest BCUT2D eigenvalue weighted by Crippen LogP contribution is -2.32. The van der Waals surface area contributed by atoms with Gasteiger partial charge in [0.2, 0.25) is 5.13 Å². The molecule has 1 amide bonds. The molecule has 2 aromatic carbocycles. The second kappa shape index (κ2) is 8.05. The third-order valence-electron chi connectivity index (χ3n) is 3.72. The zero-order chi connectivity index (χ0) is 18.5. The normalized spacial score (nSPS) is 11.8. The molecule has 134 valence electrons. The molecule has 0 unspecified atom stereocenters. The van der Waals surface area contributed by atoms with Gasteiger partial charge in [0.1, 0.15) is 5.01 Å². The molecule has 3 aromatic rings. The fourth-order valence-electron chi connectivity index (χ4n) is 2.29. The predicted octanol–water partition coefficient (Wildman–Crippen LogP) is 4.45. The van der Waals surface area contributed by atoms with Gasteiger partial charge in [0, 0.05) is 5.56 Å². The van der Waals surface area contributed by atoms with E-state index in [4.69, 9.17) is 4.74 Å². The Labute approximate surface area is 154 Å². The molecule has 26 heavy (non-hydrogen) atoms. The van der Waals surface area contributed by atoms with Gasteiger partial charge in [-0.2, -0.15) is 0 Å². The summed E-state index contributed by atoms with van der Waals surface area (Å²) in [5, 5.41) is 11.9. The van der Waals surface area contributed by atoms with Gasteiger partial charge in [-0.15, -0.1) is 10.2 Å². The molecule has 0 spiro atoms. The molecule has 0 aliphatic carbocycles. The number of benzene rings is 2. The Hall–Kier alpha value is -2.80. The largest absolute Gasteiger partial charge is 0.478 e. The van der Waals surface area contributed by atoms with Crippen LogP contribution in [0, 0.1) is 12.7 Å². The second-order valence-corrected chi connectivity index (χ2v) is 6.69. The van der Waals surface area contributed by atoms with Crippen LogP contribution >= 0.6 is 11.3 Å². The van der Waals surface area contributed by atoms with Crippen LogP contribution in [0.4, 0.5) is 9.52 Å². The molecule has 0 aliphatic rings. The first-order valence-electron chi connectivity index (χ1n) is 8.19. The maximum atomic E-state index is 13.7. The summed E-state index contributed by atoms with van der Waals surface area (Å²) in [5.41, 5.74) is 2.09. The highest BCUT2D eigenvalue weighted by molar-refractivity contribution is 7.18. The molecule has 0 saturated carbocycles. The SMILES string of the molecule is CC[C@H](Oc1ccccc1F)C(=O)Nc1nnc(-c2ccc(C)cc2)s1. The summed E-state index contributed by atoms with van der Waals surface area (Å²) in [6.07, 6.45) is -0.428. The van der Waals surface area contributed by atoms with Crippen molar-refractivity contribution in [1.82, 2.24) is 10.2 Å². The first-order valence-corrected chi connectivity index (χ1v) is 9.01. The number of aryl methyl sites for hydroxylation is 1. The van der Waals surface area contributed by atoms with Crippen LogP contribution < -0.4 is 10.1 Å². The van der Waals surface area contributed by atoms with Crippen LogP contribution in [0.25, 0.3) is 10.6 Å². The van der Waals surface area contributed by atoms with E-state index in [1.165, 1.54) is 23.5 Å². The Bertz CT molecular complexity index is 896. The number of carbonyl (C=O) groups is 1. The van der Waals surface area contributed by atoms with Gasteiger partial charge in [-0.3, -0.25) is 10.1 Å². The number of carbonyl (C=O) groups excluding carboxylic acids is 1. The van der Waals surface area contributed by atoms with Crippen molar-refractivity contribution in [3.8, 4) is 16.3 Å². The highest BCUT2D eigenvalue weighted by Gasteiger charge is 2.21. The Morgan fingerprint density at radius 1 is 1.19 bits per heavy atom. The third-order valence-corrected chi connectivity index (χ3v) is 4.61. The number of para-hydroxylation sites is 1. The summed E-state index contributed by atoms with van der Waals surface area (Å²) >= 11 is 1.27. The molecule has 1 N–H and O–H groups in total. The van der Waals surface area contributed by atoms with E-state index in [-0.39, 0.29) is 11.7 Å². The Morgan fingerprint density at radius 2 is 1.92 bits per heavy atom. The second-order valence-electron chi connectivity index (χ2n) is 5.71. The molecule has 7 heteroatoms. The number of aromatic nitrogens is 2. The summed E-state index contributed by atoms with van der Waals surface area (Å²) in [5.74, 6) is -0.842. The number of rotatable bonds is 6. The minimum Gasteiger partial charge on any atom is -0.478 e. The predicted molar refractivity (Wildman–Crippen MR) is 99.8 cm³/mol. The molecular weight excluding hydrogens is 353 g/mol. The number of amides is 1. The van der Waals surface area contributed by atoms with Gasteiger partial charge < -0.3 is 4.74 Å². The molecule has 1 heterocycles. The van der Waals surface area contributed by atoms with Crippen LogP contribution in [0.5, 0.6) is 5.75 Å². The minimum absolute atomic E-state index is 0.0482. The average Bonchev–Trinajstić information content (AvgIpc) is 3.10. The fourth-order valence-corrected chi connectivity index (χ4v) is 3.04. The minimum atomic E-state index is -0.821. The number of nitrogens with one attached hydrogen (secondary N) is 1. The van der Waals surface area contributed by atoms with Crippen LogP contribution in [-0.2, 0) is 4.79 Å². The Kier molecular flexibility index (Phi) is 5.58. The maximum Gasteiger partial charge on any atom is 0.267 e. The van der Waals surface area contributed by atoms with Crippen molar-refractivity contribution in [3.63, 3.8) is 0 Å². The summed E-state index contributed by atoms with van der Waals surface area (Å²) in [6.45, 7) is 3.80. The molecule has 0 aliphatic heterocycles. The highest BCUT2D eigenvalue weighted by atomic mass is 32.1. The number of hydrogen-bond donors (Lipinski definition) is 1. The zero-order valence-electron chi connectivity index (χ0n) is 14.4. The Balaban J connectivity index is 1.68. The fraction of sp³-hybridized carbons (Fsp3) is 0.211. The third kappa shape index (κ3) is 4.23. The number of nitrogens with zero attached hydrogens (tertiary/aromatic N) is 2. The van der Waals surface area contributed by atoms with Crippen LogP contribution in [0.15, 0.2) is 48.5 Å². The topological polar surface area (TPSA) is 64.1 Å². The van der Waals surface area contributed by atoms with Crippen molar-refractivity contribution in [2.45, 2.75) is 26.4 Å². The summed E-state index contributed by atoms with van der Waals surface area (Å²) in [4.78, 5) is 12.4. The van der Waals surface area contributed by atoms with Crippen LogP contribution in [0.2, 0.25) is 0 Å². The van der Waals surface area contributed by atoms with Crippen LogP contribution in [-0.4, -0.2) is 22.2 Å². The standard InChI is InChI=1S/C19H18FN3O2S/c1-3-15(25-16-7-5-4-6-14(16)20)17(24)21-19-23-22-18(26-19)13-10-8-12(2)9-11-13/h4-11,15H,3H2,1-2H3,(H,21,23,24)/t15-/m0/s1. The first-order chi connectivity index (χ1) is 12.6. The van der Waals surface area contributed by atoms with Gasteiger partial charge in [0.25, 0.3) is 5.91 Å². The van der Waals surface area contributed by atoms with Gasteiger partial charge in [0.05, 0.1) is 0 Å². The van der Waals surface area contributed by atoms with Crippen molar-refractivity contribution in [2.24, 2.45) is 0 Å². The van der Waals surface area contributed by atoms with Crippen LogP contribution in [0.3, 0.4) is 0 Å². The van der Waals surface area contributed by atoms with Crippen molar-refractivity contribution in [3.05, 3.63) is 59.9 Å². The average molecular weight is 371 g/mol. The lowest BCUT2D eigenvalue weighted by molar-refractivity contribution is -0.122. The van der Waals surface area contributed by atoms with E-state index in [9.17, 15) is 9.18 Å². The zero-order valence-corrected chi connectivity index (χ0v) is 15.2. The molecule has 5 nitrogen and oxygen atoms in total.